The summed E-state index contributed by atoms with van der Waals surface area (Å²) in [4.78, 5) is 52.1. The number of aromatic nitrogens is 9. The molecule has 0 spiro atoms. The molecule has 3 heterocycles. The molecule has 0 aliphatic rings. The number of nitrogen functional groups attached to an aromatic ring is 3. The summed E-state index contributed by atoms with van der Waals surface area (Å²) in [6.45, 7) is 20.3. The topological polar surface area (TPSA) is 240 Å². The number of benzene rings is 1. The summed E-state index contributed by atoms with van der Waals surface area (Å²) in [7, 11) is 0. The number of nitrogens with zero attached hydrogens (tertiary/aromatic N) is 12. The molecule has 0 radical (unpaired) electrons. The Morgan fingerprint density at radius 2 is 0.325 bits per heavy atom. The van der Waals surface area contributed by atoms with E-state index in [2.05, 4.69) is 90.4 Å². The van der Waals surface area contributed by atoms with E-state index in [1.807, 2.05) is 0 Å². The average molecular weight is 1750 g/mol. The van der Waals surface area contributed by atoms with Crippen LogP contribution < -0.4 is 47.9 Å². The molecule has 0 atom stereocenters. The molecule has 126 heavy (non-hydrogen) atoms. The van der Waals surface area contributed by atoms with Gasteiger partial charge in [-0.15, -0.1) is 0 Å². The Hall–Kier alpha value is -5.55. The van der Waals surface area contributed by atoms with E-state index in [4.69, 9.17) is 62.1 Å². The van der Waals surface area contributed by atoms with E-state index in [1.54, 1.807) is 0 Å². The normalized spacial score (nSPS) is 11.6. The van der Waals surface area contributed by atoms with E-state index in [0.29, 0.717) is 55.3 Å². The molecule has 18 heteroatoms. The average Bonchev–Trinajstić information content (AvgIpc) is 0.818. The smallest absolute Gasteiger partial charge is 0.232 e. The Morgan fingerprint density at radius 3 is 0.484 bits per heavy atom. The third kappa shape index (κ3) is 64.3. The van der Waals surface area contributed by atoms with Crippen LogP contribution in [0.25, 0.3) is 0 Å². The molecule has 0 saturated carbocycles. The van der Waals surface area contributed by atoms with Crippen LogP contribution in [0.2, 0.25) is 0 Å². The standard InChI is InChI=1S/C108H204N18/c1-7-13-19-25-31-37-43-46-49-52-55-58-61-67-73-79-85-112-103-115-100(109)118-106(121-103)124(88-82-76-70-64-40-34-28-22-16-10-4)94-97-91-98(95-125(89-83-77-71-65-41-35-29-23-17-11-5)107-119-101(110)116-104(122-107)113-86-80-74-68-62-59-56-53-50-47-44-38-32-26-20-14-8-2)93-99(92-97)96-126(90-84-78-72-66-42-36-30-24-18-12-6)108-120-102(111)117-105(123-108)114-87-81-75-69-63-60-57-54-51-48-45-39-33-27-21-15-9-3/h91-93H,7-90,94-96H2,1-6H3,(H3,109,112,115,118,121)(H3,110,113,116,119,122)(H3,111,114,117,120,123). The first-order valence-electron chi connectivity index (χ1n) is 55.3. The second kappa shape index (κ2) is 83.8. The zero-order valence-electron chi connectivity index (χ0n) is 83.8. The van der Waals surface area contributed by atoms with Crippen LogP contribution in [0.4, 0.5) is 53.5 Å². The van der Waals surface area contributed by atoms with Crippen molar-refractivity contribution < 1.29 is 0 Å². The maximum atomic E-state index is 6.79. The van der Waals surface area contributed by atoms with Crippen molar-refractivity contribution in [3.8, 4) is 0 Å². The van der Waals surface area contributed by atoms with Crippen LogP contribution in [-0.2, 0) is 19.6 Å². The van der Waals surface area contributed by atoms with Crippen LogP contribution in [0.5, 0.6) is 0 Å². The molecule has 4 aromatic rings. The van der Waals surface area contributed by atoms with E-state index in [0.717, 1.165) is 97.1 Å². The van der Waals surface area contributed by atoms with Gasteiger partial charge in [-0.25, -0.2) is 0 Å². The van der Waals surface area contributed by atoms with Gasteiger partial charge in [0.25, 0.3) is 0 Å². The molecular formula is C108H204N18. The number of anilines is 9. The van der Waals surface area contributed by atoms with Crippen molar-refractivity contribution in [2.75, 3.05) is 87.1 Å². The van der Waals surface area contributed by atoms with Crippen molar-refractivity contribution in [1.29, 1.82) is 0 Å². The Kier molecular flexibility index (Phi) is 75.0. The van der Waals surface area contributed by atoms with Gasteiger partial charge in [-0.1, -0.05) is 522 Å². The molecule has 0 aliphatic carbocycles. The highest BCUT2D eigenvalue weighted by atomic mass is 15.3. The number of hydrogen-bond donors (Lipinski definition) is 6. The maximum absolute atomic E-state index is 6.79. The third-order valence-electron chi connectivity index (χ3n) is 26.3. The lowest BCUT2D eigenvalue weighted by Crippen LogP contribution is -2.29. The van der Waals surface area contributed by atoms with Crippen LogP contribution in [0.1, 0.15) is 559 Å². The lowest BCUT2D eigenvalue weighted by Gasteiger charge is -2.27. The second-order valence-corrected chi connectivity index (χ2v) is 38.6. The predicted molar refractivity (Wildman–Crippen MR) is 552 cm³/mol. The fraction of sp³-hybridized carbons (Fsp3) is 0.861. The molecule has 0 saturated heterocycles. The Bertz CT molecular complexity index is 2700. The molecule has 1 aromatic carbocycles. The fourth-order valence-electron chi connectivity index (χ4n) is 18.3. The molecule has 3 aromatic heterocycles. The minimum atomic E-state index is 0.244. The highest BCUT2D eigenvalue weighted by Gasteiger charge is 2.22. The fourth-order valence-corrected chi connectivity index (χ4v) is 18.3. The highest BCUT2D eigenvalue weighted by Crippen LogP contribution is 2.28. The molecule has 4 rings (SSSR count). The summed E-state index contributed by atoms with van der Waals surface area (Å²) >= 11 is 0. The second-order valence-electron chi connectivity index (χ2n) is 38.6. The van der Waals surface area contributed by atoms with E-state index in [9.17, 15) is 0 Å². The van der Waals surface area contributed by atoms with E-state index >= 15 is 0 Å². The zero-order valence-corrected chi connectivity index (χ0v) is 83.8. The van der Waals surface area contributed by atoms with Gasteiger partial charge in [0.2, 0.25) is 53.5 Å². The minimum Gasteiger partial charge on any atom is -0.368 e. The van der Waals surface area contributed by atoms with Gasteiger partial charge in [0, 0.05) is 58.9 Å². The summed E-state index contributed by atoms with van der Waals surface area (Å²) in [5, 5.41) is 10.9. The van der Waals surface area contributed by atoms with Gasteiger partial charge in [0.15, 0.2) is 0 Å². The highest BCUT2D eigenvalue weighted by molar-refractivity contribution is 5.48. The third-order valence-corrected chi connectivity index (χ3v) is 26.3. The van der Waals surface area contributed by atoms with Crippen molar-refractivity contribution in [3.05, 3.63) is 34.9 Å². The summed E-state index contributed by atoms with van der Waals surface area (Å²) in [5.41, 5.74) is 23.9. The molecular weight excluding hydrogens is 1550 g/mol. The van der Waals surface area contributed by atoms with Gasteiger partial charge in [-0.2, -0.15) is 44.9 Å². The lowest BCUT2D eigenvalue weighted by molar-refractivity contribution is 0.530. The van der Waals surface area contributed by atoms with Crippen molar-refractivity contribution >= 4 is 53.5 Å². The molecule has 9 N–H and O–H groups in total. The van der Waals surface area contributed by atoms with Gasteiger partial charge in [0.05, 0.1) is 0 Å². The molecule has 18 nitrogen and oxygen atoms in total. The molecule has 0 aliphatic heterocycles. The molecule has 0 unspecified atom stereocenters. The van der Waals surface area contributed by atoms with Gasteiger partial charge in [-0.3, -0.25) is 0 Å². The summed E-state index contributed by atoms with van der Waals surface area (Å²) in [6, 6.07) is 7.24. The van der Waals surface area contributed by atoms with E-state index in [-0.39, 0.29) is 17.8 Å². The van der Waals surface area contributed by atoms with Crippen LogP contribution in [0.15, 0.2) is 18.2 Å². The molecule has 0 bridgehead atoms. The summed E-state index contributed by atoms with van der Waals surface area (Å²) in [6.07, 6.45) is 102. The Balaban J connectivity index is 1.69. The van der Waals surface area contributed by atoms with Gasteiger partial charge in [-0.05, 0) is 55.2 Å². The molecule has 726 valence electrons. The van der Waals surface area contributed by atoms with Crippen molar-refractivity contribution in [1.82, 2.24) is 44.9 Å². The first-order valence-corrected chi connectivity index (χ1v) is 55.3. The van der Waals surface area contributed by atoms with Crippen LogP contribution in [0.3, 0.4) is 0 Å². The number of hydrogen-bond acceptors (Lipinski definition) is 18. The maximum Gasteiger partial charge on any atom is 0.232 e. The van der Waals surface area contributed by atoms with Crippen LogP contribution in [0, 0.1) is 0 Å². The van der Waals surface area contributed by atoms with E-state index < -0.39 is 0 Å². The predicted octanol–water partition coefficient (Wildman–Crippen LogP) is 32.8. The summed E-state index contributed by atoms with van der Waals surface area (Å²) in [5.74, 6) is 4.24. The monoisotopic (exact) mass is 1750 g/mol. The SMILES string of the molecule is CCCCCCCCCCCCCCCCCCNc1nc(N)nc(N(CCCCCCCCCCCC)Cc2cc(CN(CCCCCCCCCCCC)c3nc(N)nc(NCCCCCCCCCCCCCCCCCC)n3)cc(CN(CCCCCCCCCCCC)c3nc(N)nc(NCCCCCCCCCCCCCCCCCC)n3)c2)n1. The largest absolute Gasteiger partial charge is 0.368 e. The minimum absolute atomic E-state index is 0.244. The number of unbranched alkanes of at least 4 members (excludes halogenated alkanes) is 72. The van der Waals surface area contributed by atoms with Crippen LogP contribution >= 0.6 is 0 Å². The number of nitrogens with one attached hydrogen (secondary N) is 3. The number of rotatable bonds is 96. The van der Waals surface area contributed by atoms with Gasteiger partial charge >= 0.3 is 0 Å². The first-order chi connectivity index (χ1) is 62.2. The Morgan fingerprint density at radius 1 is 0.183 bits per heavy atom. The van der Waals surface area contributed by atoms with Crippen molar-refractivity contribution in [3.63, 3.8) is 0 Å². The number of nitrogens with two attached hydrogens (primary N) is 3. The Labute approximate surface area is 777 Å². The quantitative estimate of drug-likeness (QED) is 0.0225. The zero-order chi connectivity index (χ0) is 89.8. The van der Waals surface area contributed by atoms with Gasteiger partial charge < -0.3 is 47.9 Å². The van der Waals surface area contributed by atoms with Gasteiger partial charge in [0.1, 0.15) is 0 Å². The van der Waals surface area contributed by atoms with Crippen molar-refractivity contribution in [2.24, 2.45) is 0 Å². The molecule has 0 amide bonds. The lowest BCUT2D eigenvalue weighted by atomic mass is 10.0. The first kappa shape index (κ1) is 113. The molecule has 0 fully saturated rings. The van der Waals surface area contributed by atoms with Crippen LogP contribution in [-0.4, -0.2) is 84.1 Å². The van der Waals surface area contributed by atoms with Crippen molar-refractivity contribution in [2.45, 2.75) is 562 Å². The summed E-state index contributed by atoms with van der Waals surface area (Å²) < 4.78 is 0. The van der Waals surface area contributed by atoms with E-state index in [1.165, 1.54) is 460 Å².